The molecule has 1 aliphatic rings. The van der Waals surface area contributed by atoms with Gasteiger partial charge in [-0.15, -0.1) is 0 Å². The van der Waals surface area contributed by atoms with Crippen LogP contribution >= 0.6 is 0 Å². The highest BCUT2D eigenvalue weighted by atomic mass is 16.3. The molecule has 0 atom stereocenters. The lowest BCUT2D eigenvalue weighted by Crippen LogP contribution is -2.30. The zero-order valence-electron chi connectivity index (χ0n) is 19.7. The zero-order valence-corrected chi connectivity index (χ0v) is 19.7. The SMILES string of the molecule is Cc1ccc2c(oc3c(-c4cccc5c4N(C)CCC5)c(C#N)ccc32)c1-c1cccc[n+]1C. The molecule has 6 rings (SSSR count). The minimum atomic E-state index is 0.641. The summed E-state index contributed by atoms with van der Waals surface area (Å²) < 4.78 is 8.87. The van der Waals surface area contributed by atoms with Crippen molar-refractivity contribution in [1.29, 1.82) is 5.26 Å². The Kier molecular flexibility index (Phi) is 4.67. The molecule has 0 aliphatic carbocycles. The summed E-state index contributed by atoms with van der Waals surface area (Å²) in [6, 6.07) is 23.4. The molecular formula is C30H26N3O+. The highest BCUT2D eigenvalue weighted by molar-refractivity contribution is 6.14. The maximum absolute atomic E-state index is 10.1. The van der Waals surface area contributed by atoms with Crippen LogP contribution in [0.2, 0.25) is 0 Å². The van der Waals surface area contributed by atoms with Gasteiger partial charge in [-0.25, -0.2) is 4.57 Å². The van der Waals surface area contributed by atoms with Crippen LogP contribution in [0.3, 0.4) is 0 Å². The average molecular weight is 445 g/mol. The van der Waals surface area contributed by atoms with Gasteiger partial charge in [-0.05, 0) is 49.1 Å². The Morgan fingerprint density at radius 2 is 1.74 bits per heavy atom. The van der Waals surface area contributed by atoms with E-state index in [4.69, 9.17) is 4.42 Å². The first-order valence-corrected chi connectivity index (χ1v) is 11.8. The van der Waals surface area contributed by atoms with Crippen LogP contribution in [0.1, 0.15) is 23.1 Å². The van der Waals surface area contributed by atoms with Gasteiger partial charge >= 0.3 is 0 Å². The highest BCUT2D eigenvalue weighted by Crippen LogP contribution is 2.45. The van der Waals surface area contributed by atoms with Crippen LogP contribution in [-0.4, -0.2) is 13.6 Å². The van der Waals surface area contributed by atoms with Crippen molar-refractivity contribution in [3.63, 3.8) is 0 Å². The number of anilines is 1. The molecule has 3 aromatic carbocycles. The molecule has 0 unspecified atom stereocenters. The number of benzene rings is 3. The van der Waals surface area contributed by atoms with E-state index in [1.807, 2.05) is 18.2 Å². The Morgan fingerprint density at radius 3 is 2.53 bits per heavy atom. The number of para-hydroxylation sites is 1. The second kappa shape index (κ2) is 7.74. The first-order chi connectivity index (χ1) is 16.6. The Balaban J connectivity index is 1.74. The van der Waals surface area contributed by atoms with E-state index in [9.17, 15) is 5.26 Å². The van der Waals surface area contributed by atoms with E-state index in [2.05, 4.69) is 85.2 Å². The molecule has 0 fully saturated rings. The topological polar surface area (TPSA) is 44.1 Å². The van der Waals surface area contributed by atoms with Gasteiger partial charge in [0, 0.05) is 53.3 Å². The van der Waals surface area contributed by atoms with Crippen molar-refractivity contribution >= 4 is 27.6 Å². The maximum atomic E-state index is 10.1. The molecule has 2 aromatic heterocycles. The monoisotopic (exact) mass is 444 g/mol. The van der Waals surface area contributed by atoms with Crippen LogP contribution in [-0.2, 0) is 13.5 Å². The first kappa shape index (κ1) is 20.5. The van der Waals surface area contributed by atoms with Crippen molar-refractivity contribution in [3.8, 4) is 28.5 Å². The van der Waals surface area contributed by atoms with Gasteiger partial charge in [0.15, 0.2) is 6.20 Å². The maximum Gasteiger partial charge on any atom is 0.216 e. The molecule has 34 heavy (non-hydrogen) atoms. The summed E-state index contributed by atoms with van der Waals surface area (Å²) >= 11 is 0. The van der Waals surface area contributed by atoms with Gasteiger partial charge in [-0.3, -0.25) is 0 Å². The van der Waals surface area contributed by atoms with E-state index in [-0.39, 0.29) is 0 Å². The number of aromatic nitrogens is 1. The molecule has 1 aliphatic heterocycles. The largest absolute Gasteiger partial charge is 0.454 e. The third kappa shape index (κ3) is 2.94. The molecule has 0 bridgehead atoms. The Labute approximate surface area is 199 Å². The van der Waals surface area contributed by atoms with Crippen molar-refractivity contribution in [1.82, 2.24) is 0 Å². The van der Waals surface area contributed by atoms with Gasteiger partial charge in [0.25, 0.3) is 0 Å². The standard InChI is InChI=1S/C30H26N3O/c1-19-12-14-22-23-15-13-21(18-31)27(24-10-6-8-20-9-7-17-33(3)28(20)24)30(23)34-29(22)26(19)25-11-4-5-16-32(25)2/h4-6,8,10-16H,7,9,17H2,1-3H3/q+1. The fourth-order valence-corrected chi connectivity index (χ4v) is 5.53. The Morgan fingerprint density at radius 1 is 0.941 bits per heavy atom. The first-order valence-electron chi connectivity index (χ1n) is 11.8. The van der Waals surface area contributed by atoms with Crippen molar-refractivity contribution in [3.05, 3.63) is 83.6 Å². The number of nitrogens with zero attached hydrogens (tertiary/aromatic N) is 3. The Bertz CT molecular complexity index is 1640. The summed E-state index contributed by atoms with van der Waals surface area (Å²) in [5.74, 6) is 0. The second-order valence-corrected chi connectivity index (χ2v) is 9.25. The summed E-state index contributed by atoms with van der Waals surface area (Å²) in [6.45, 7) is 3.13. The van der Waals surface area contributed by atoms with Crippen LogP contribution < -0.4 is 9.47 Å². The van der Waals surface area contributed by atoms with Crippen LogP contribution in [0.5, 0.6) is 0 Å². The molecule has 3 heterocycles. The van der Waals surface area contributed by atoms with E-state index in [1.54, 1.807) is 0 Å². The van der Waals surface area contributed by atoms with Gasteiger partial charge in [-0.2, -0.15) is 5.26 Å². The molecule has 4 nitrogen and oxygen atoms in total. The predicted molar refractivity (Wildman–Crippen MR) is 137 cm³/mol. The molecule has 0 spiro atoms. The number of rotatable bonds is 2. The fraction of sp³-hybridized carbons (Fsp3) is 0.200. The van der Waals surface area contributed by atoms with Gasteiger partial charge in [-0.1, -0.05) is 30.3 Å². The third-order valence-corrected chi connectivity index (χ3v) is 7.16. The van der Waals surface area contributed by atoms with Gasteiger partial charge < -0.3 is 9.32 Å². The van der Waals surface area contributed by atoms with Crippen LogP contribution in [0, 0.1) is 18.3 Å². The lowest BCUT2D eigenvalue weighted by Gasteiger charge is -2.30. The number of aryl methyl sites for hydroxylation is 3. The molecule has 0 radical (unpaired) electrons. The third-order valence-electron chi connectivity index (χ3n) is 7.16. The molecule has 4 heteroatoms. The fourth-order valence-electron chi connectivity index (χ4n) is 5.53. The second-order valence-electron chi connectivity index (χ2n) is 9.25. The van der Waals surface area contributed by atoms with Crippen molar-refractivity contribution in [2.24, 2.45) is 7.05 Å². The summed E-state index contributed by atoms with van der Waals surface area (Å²) in [7, 11) is 4.20. The molecule has 0 saturated heterocycles. The normalized spacial score (nSPS) is 13.3. The number of hydrogen-bond acceptors (Lipinski definition) is 3. The quantitative estimate of drug-likeness (QED) is 0.300. The van der Waals surface area contributed by atoms with Gasteiger partial charge in [0.05, 0.1) is 17.2 Å². The van der Waals surface area contributed by atoms with E-state index in [0.29, 0.717) is 5.56 Å². The number of furan rings is 1. The zero-order chi connectivity index (χ0) is 23.4. The van der Waals surface area contributed by atoms with Crippen molar-refractivity contribution in [2.45, 2.75) is 19.8 Å². The lowest BCUT2D eigenvalue weighted by molar-refractivity contribution is -0.660. The minimum absolute atomic E-state index is 0.641. The van der Waals surface area contributed by atoms with Crippen molar-refractivity contribution < 1.29 is 8.98 Å². The lowest BCUT2D eigenvalue weighted by atomic mass is 9.91. The van der Waals surface area contributed by atoms with Crippen molar-refractivity contribution in [2.75, 3.05) is 18.5 Å². The molecule has 0 amide bonds. The summed E-state index contributed by atoms with van der Waals surface area (Å²) in [5, 5.41) is 12.2. The number of hydrogen-bond donors (Lipinski definition) is 0. The van der Waals surface area contributed by atoms with Crippen LogP contribution in [0.4, 0.5) is 5.69 Å². The Hall–Kier alpha value is -4.10. The highest BCUT2D eigenvalue weighted by Gasteiger charge is 2.26. The van der Waals surface area contributed by atoms with E-state index < -0.39 is 0 Å². The number of fused-ring (bicyclic) bond motifs is 4. The summed E-state index contributed by atoms with van der Waals surface area (Å²) in [6.07, 6.45) is 4.25. The average Bonchev–Trinajstić information content (AvgIpc) is 3.22. The number of nitriles is 1. The van der Waals surface area contributed by atoms with E-state index in [1.165, 1.54) is 11.3 Å². The molecule has 5 aromatic rings. The van der Waals surface area contributed by atoms with Gasteiger partial charge in [0.1, 0.15) is 18.2 Å². The van der Waals surface area contributed by atoms with Gasteiger partial charge in [0.2, 0.25) is 5.69 Å². The molecule has 0 N–H and O–H groups in total. The van der Waals surface area contributed by atoms with Crippen LogP contribution in [0.15, 0.2) is 71.3 Å². The van der Waals surface area contributed by atoms with E-state index >= 15 is 0 Å². The predicted octanol–water partition coefficient (Wildman–Crippen LogP) is 6.31. The number of pyridine rings is 1. The van der Waals surface area contributed by atoms with Crippen LogP contribution in [0.25, 0.3) is 44.3 Å². The molecule has 0 saturated carbocycles. The molecular weight excluding hydrogens is 418 g/mol. The summed E-state index contributed by atoms with van der Waals surface area (Å²) in [5.41, 5.74) is 10.2. The molecule has 166 valence electrons. The van der Waals surface area contributed by atoms with E-state index in [0.717, 1.165) is 69.3 Å². The summed E-state index contributed by atoms with van der Waals surface area (Å²) in [4.78, 5) is 2.32. The minimum Gasteiger partial charge on any atom is -0.454 e. The smallest absolute Gasteiger partial charge is 0.216 e.